The molecule has 0 aromatic carbocycles. The average Bonchev–Trinajstić information content (AvgIpc) is 2.49. The third kappa shape index (κ3) is 4.18. The van der Waals surface area contributed by atoms with E-state index in [4.69, 9.17) is 5.11 Å². The Morgan fingerprint density at radius 1 is 1.52 bits per heavy atom. The van der Waals surface area contributed by atoms with Crippen molar-refractivity contribution in [2.45, 2.75) is 26.2 Å². The van der Waals surface area contributed by atoms with Crippen LogP contribution in [0.2, 0.25) is 0 Å². The van der Waals surface area contributed by atoms with Crippen molar-refractivity contribution in [2.24, 2.45) is 5.92 Å². The zero-order valence-corrected chi connectivity index (χ0v) is 12.2. The number of hydrogen-bond acceptors (Lipinski definition) is 3. The molecule has 2 heterocycles. The summed E-state index contributed by atoms with van der Waals surface area (Å²) in [4.78, 5) is 28.9. The molecule has 0 aliphatic carbocycles. The van der Waals surface area contributed by atoms with Gasteiger partial charge in [0.05, 0.1) is 5.92 Å². The van der Waals surface area contributed by atoms with E-state index in [0.29, 0.717) is 32.5 Å². The second-order valence-corrected chi connectivity index (χ2v) is 5.37. The minimum atomic E-state index is -0.823. The predicted molar refractivity (Wildman–Crippen MR) is 78.0 cm³/mol. The first-order chi connectivity index (χ1) is 10.1. The maximum Gasteiger partial charge on any atom is 0.317 e. The lowest BCUT2D eigenvalue weighted by Gasteiger charge is -2.30. The molecule has 0 radical (unpaired) electrons. The Morgan fingerprint density at radius 3 is 3.05 bits per heavy atom. The van der Waals surface area contributed by atoms with E-state index in [0.717, 1.165) is 17.7 Å². The monoisotopic (exact) mass is 291 g/mol. The van der Waals surface area contributed by atoms with Crippen LogP contribution >= 0.6 is 0 Å². The van der Waals surface area contributed by atoms with Crippen molar-refractivity contribution >= 4 is 12.0 Å². The van der Waals surface area contributed by atoms with E-state index in [-0.39, 0.29) is 6.03 Å². The van der Waals surface area contributed by atoms with Crippen LogP contribution in [0.1, 0.15) is 24.1 Å². The quantitative estimate of drug-likeness (QED) is 0.879. The number of carbonyl (C=O) groups is 2. The van der Waals surface area contributed by atoms with Gasteiger partial charge in [-0.25, -0.2) is 4.79 Å². The fourth-order valence-electron chi connectivity index (χ4n) is 2.54. The van der Waals surface area contributed by atoms with Gasteiger partial charge in [0, 0.05) is 37.9 Å². The van der Waals surface area contributed by atoms with E-state index in [1.54, 1.807) is 11.1 Å². The molecule has 21 heavy (non-hydrogen) atoms. The van der Waals surface area contributed by atoms with Crippen LogP contribution in [0.4, 0.5) is 4.79 Å². The summed E-state index contributed by atoms with van der Waals surface area (Å²) in [5.41, 5.74) is 2.08. The number of rotatable bonds is 4. The smallest absolute Gasteiger partial charge is 0.317 e. The molecule has 1 aliphatic heterocycles. The minimum Gasteiger partial charge on any atom is -0.481 e. The number of carboxylic acid groups (broad SMARTS) is 1. The molecule has 1 saturated heterocycles. The predicted octanol–water partition coefficient (Wildman–Crippen LogP) is 1.44. The van der Waals surface area contributed by atoms with Crippen LogP contribution in [0.25, 0.3) is 0 Å². The van der Waals surface area contributed by atoms with Crippen LogP contribution in [0.3, 0.4) is 0 Å². The standard InChI is InChI=1S/C15H21N3O3/c1-11-4-2-7-16-13(11)6-8-17-15(21)18-9-3-5-12(10-18)14(19)20/h2,4,7,12H,3,5-6,8-10H2,1H3,(H,17,21)(H,19,20). The highest BCUT2D eigenvalue weighted by Gasteiger charge is 2.27. The van der Waals surface area contributed by atoms with Crippen molar-refractivity contribution in [3.63, 3.8) is 0 Å². The average molecular weight is 291 g/mol. The molecule has 1 unspecified atom stereocenters. The topological polar surface area (TPSA) is 82.5 Å². The summed E-state index contributed by atoms with van der Waals surface area (Å²) >= 11 is 0. The van der Waals surface area contributed by atoms with Crippen LogP contribution in [0.5, 0.6) is 0 Å². The van der Waals surface area contributed by atoms with Gasteiger partial charge in [0.1, 0.15) is 0 Å². The lowest BCUT2D eigenvalue weighted by molar-refractivity contribution is -0.143. The van der Waals surface area contributed by atoms with Crippen molar-refractivity contribution in [2.75, 3.05) is 19.6 Å². The highest BCUT2D eigenvalue weighted by atomic mass is 16.4. The number of aliphatic carboxylic acids is 1. The van der Waals surface area contributed by atoms with Gasteiger partial charge in [0.15, 0.2) is 0 Å². The van der Waals surface area contributed by atoms with E-state index in [2.05, 4.69) is 10.3 Å². The number of aryl methyl sites for hydroxylation is 1. The highest BCUT2D eigenvalue weighted by Crippen LogP contribution is 2.16. The summed E-state index contributed by atoms with van der Waals surface area (Å²) < 4.78 is 0. The Hall–Kier alpha value is -2.11. The fourth-order valence-corrected chi connectivity index (χ4v) is 2.54. The Labute approximate surface area is 124 Å². The van der Waals surface area contributed by atoms with Crippen LogP contribution < -0.4 is 5.32 Å². The van der Waals surface area contributed by atoms with Crippen molar-refractivity contribution in [1.29, 1.82) is 0 Å². The zero-order valence-electron chi connectivity index (χ0n) is 12.2. The first-order valence-electron chi connectivity index (χ1n) is 7.24. The molecule has 1 fully saturated rings. The number of carbonyl (C=O) groups excluding carboxylic acids is 1. The lowest BCUT2D eigenvalue weighted by Crippen LogP contribution is -2.47. The molecule has 2 amide bonds. The van der Waals surface area contributed by atoms with Crippen molar-refractivity contribution in [1.82, 2.24) is 15.2 Å². The maximum absolute atomic E-state index is 12.0. The normalized spacial score (nSPS) is 18.3. The van der Waals surface area contributed by atoms with Crippen molar-refractivity contribution in [3.8, 4) is 0 Å². The largest absolute Gasteiger partial charge is 0.481 e. The van der Waals surface area contributed by atoms with Crippen molar-refractivity contribution in [3.05, 3.63) is 29.6 Å². The third-order valence-corrected chi connectivity index (χ3v) is 3.81. The summed E-state index contributed by atoms with van der Waals surface area (Å²) in [5.74, 6) is -1.26. The maximum atomic E-state index is 12.0. The molecule has 114 valence electrons. The number of pyridine rings is 1. The van der Waals surface area contributed by atoms with Gasteiger partial charge in [-0.05, 0) is 31.4 Å². The molecule has 1 aromatic heterocycles. The van der Waals surface area contributed by atoms with Gasteiger partial charge in [0.2, 0.25) is 0 Å². The first kappa shape index (κ1) is 15.3. The van der Waals surface area contributed by atoms with Gasteiger partial charge in [-0.2, -0.15) is 0 Å². The molecule has 2 rings (SSSR count). The number of hydrogen-bond donors (Lipinski definition) is 2. The molecule has 0 spiro atoms. The highest BCUT2D eigenvalue weighted by molar-refractivity contribution is 5.76. The van der Waals surface area contributed by atoms with Crippen LogP contribution in [-0.2, 0) is 11.2 Å². The van der Waals surface area contributed by atoms with Gasteiger partial charge >= 0.3 is 12.0 Å². The Kier molecular flexibility index (Phi) is 5.14. The molecular weight excluding hydrogens is 270 g/mol. The molecule has 1 aromatic rings. The molecule has 0 bridgehead atoms. The summed E-state index contributed by atoms with van der Waals surface area (Å²) in [7, 11) is 0. The van der Waals surface area contributed by atoms with Gasteiger partial charge < -0.3 is 15.3 Å². The number of nitrogens with one attached hydrogen (secondary N) is 1. The summed E-state index contributed by atoms with van der Waals surface area (Å²) in [5, 5.41) is 11.9. The van der Waals surface area contributed by atoms with E-state index < -0.39 is 11.9 Å². The number of carboxylic acids is 1. The molecule has 2 N–H and O–H groups in total. The number of piperidine rings is 1. The number of amides is 2. The van der Waals surface area contributed by atoms with E-state index >= 15 is 0 Å². The number of likely N-dealkylation sites (tertiary alicyclic amines) is 1. The molecular formula is C15H21N3O3. The Bertz CT molecular complexity index is 519. The first-order valence-corrected chi connectivity index (χ1v) is 7.24. The molecule has 0 saturated carbocycles. The molecule has 1 aliphatic rings. The van der Waals surface area contributed by atoms with Gasteiger partial charge in [-0.1, -0.05) is 6.07 Å². The van der Waals surface area contributed by atoms with Crippen LogP contribution in [0, 0.1) is 12.8 Å². The Balaban J connectivity index is 1.79. The molecule has 1 atom stereocenters. The van der Waals surface area contributed by atoms with Crippen molar-refractivity contribution < 1.29 is 14.7 Å². The second kappa shape index (κ2) is 7.06. The van der Waals surface area contributed by atoms with E-state index in [9.17, 15) is 9.59 Å². The summed E-state index contributed by atoms with van der Waals surface area (Å²) in [6, 6.07) is 3.69. The van der Waals surface area contributed by atoms with E-state index in [1.807, 2.05) is 19.1 Å². The minimum absolute atomic E-state index is 0.186. The second-order valence-electron chi connectivity index (χ2n) is 5.37. The van der Waals surface area contributed by atoms with Gasteiger partial charge in [0.25, 0.3) is 0 Å². The summed E-state index contributed by atoms with van der Waals surface area (Å²) in [6.45, 7) is 3.42. The number of aromatic nitrogens is 1. The fraction of sp³-hybridized carbons (Fsp3) is 0.533. The number of nitrogens with zero attached hydrogens (tertiary/aromatic N) is 2. The number of urea groups is 1. The third-order valence-electron chi connectivity index (χ3n) is 3.81. The molecule has 6 heteroatoms. The zero-order chi connectivity index (χ0) is 15.2. The van der Waals surface area contributed by atoms with Gasteiger partial charge in [-0.3, -0.25) is 9.78 Å². The van der Waals surface area contributed by atoms with E-state index in [1.165, 1.54) is 0 Å². The Morgan fingerprint density at radius 2 is 2.33 bits per heavy atom. The van der Waals surface area contributed by atoms with Crippen LogP contribution in [0.15, 0.2) is 18.3 Å². The molecule has 6 nitrogen and oxygen atoms in total. The van der Waals surface area contributed by atoms with Gasteiger partial charge in [-0.15, -0.1) is 0 Å². The van der Waals surface area contributed by atoms with Crippen LogP contribution in [-0.4, -0.2) is 46.6 Å². The summed E-state index contributed by atoms with van der Waals surface area (Å²) in [6.07, 6.45) is 3.80. The lowest BCUT2D eigenvalue weighted by atomic mass is 9.99. The SMILES string of the molecule is Cc1cccnc1CCNC(=O)N1CCCC(C(=O)O)C1.